The summed E-state index contributed by atoms with van der Waals surface area (Å²) in [6.07, 6.45) is 1.56. The van der Waals surface area contributed by atoms with E-state index < -0.39 is 0 Å². The van der Waals surface area contributed by atoms with Crippen molar-refractivity contribution in [1.82, 2.24) is 15.2 Å². The minimum absolute atomic E-state index is 0.527. The zero-order valence-electron chi connectivity index (χ0n) is 9.90. The molecule has 0 aliphatic carbocycles. The molecule has 5 heteroatoms. The summed E-state index contributed by atoms with van der Waals surface area (Å²) in [4.78, 5) is 4.37. The van der Waals surface area contributed by atoms with Gasteiger partial charge in [-0.1, -0.05) is 0 Å². The standard InChI is InChI=1S/C12H14ClN3O/c1-8-5-6-10(9(2)14-8)12-16-15-11(17-12)4-3-7-13/h5-6H,3-4,7H2,1-2H3. The van der Waals surface area contributed by atoms with Gasteiger partial charge < -0.3 is 4.42 Å². The van der Waals surface area contributed by atoms with Crippen molar-refractivity contribution >= 4 is 11.6 Å². The molecule has 0 unspecified atom stereocenters. The Kier molecular flexibility index (Phi) is 3.74. The number of hydrogen-bond acceptors (Lipinski definition) is 4. The summed E-state index contributed by atoms with van der Waals surface area (Å²) < 4.78 is 5.57. The van der Waals surface area contributed by atoms with Crippen molar-refractivity contribution in [2.24, 2.45) is 0 Å². The van der Waals surface area contributed by atoms with Gasteiger partial charge in [0.25, 0.3) is 0 Å². The van der Waals surface area contributed by atoms with Crippen LogP contribution in [0.5, 0.6) is 0 Å². The quantitative estimate of drug-likeness (QED) is 0.784. The third-order valence-corrected chi connectivity index (χ3v) is 2.71. The zero-order chi connectivity index (χ0) is 12.3. The Morgan fingerprint density at radius 2 is 2.06 bits per heavy atom. The molecule has 0 aliphatic rings. The fourth-order valence-corrected chi connectivity index (χ4v) is 1.73. The van der Waals surface area contributed by atoms with Gasteiger partial charge in [0.2, 0.25) is 11.8 Å². The second-order valence-corrected chi connectivity index (χ2v) is 4.26. The van der Waals surface area contributed by atoms with Crippen LogP contribution >= 0.6 is 11.6 Å². The van der Waals surface area contributed by atoms with Crippen molar-refractivity contribution in [3.05, 3.63) is 29.4 Å². The lowest BCUT2D eigenvalue weighted by Gasteiger charge is -2.00. The lowest BCUT2D eigenvalue weighted by molar-refractivity contribution is 0.502. The first-order valence-corrected chi connectivity index (χ1v) is 6.07. The number of aryl methyl sites for hydroxylation is 3. The van der Waals surface area contributed by atoms with E-state index in [2.05, 4.69) is 15.2 Å². The summed E-state index contributed by atoms with van der Waals surface area (Å²) in [7, 11) is 0. The molecule has 0 aromatic carbocycles. The van der Waals surface area contributed by atoms with Gasteiger partial charge >= 0.3 is 0 Å². The lowest BCUT2D eigenvalue weighted by Crippen LogP contribution is -1.90. The molecule has 0 fully saturated rings. The summed E-state index contributed by atoms with van der Waals surface area (Å²) in [5.74, 6) is 1.75. The highest BCUT2D eigenvalue weighted by Gasteiger charge is 2.11. The zero-order valence-corrected chi connectivity index (χ0v) is 10.7. The summed E-state index contributed by atoms with van der Waals surface area (Å²) >= 11 is 5.62. The first-order chi connectivity index (χ1) is 8.20. The number of pyridine rings is 1. The maximum absolute atomic E-state index is 5.62. The fourth-order valence-electron chi connectivity index (χ4n) is 1.59. The van der Waals surface area contributed by atoms with Crippen LogP contribution in [0.15, 0.2) is 16.5 Å². The molecule has 0 radical (unpaired) electrons. The normalized spacial score (nSPS) is 10.8. The third-order valence-electron chi connectivity index (χ3n) is 2.45. The highest BCUT2D eigenvalue weighted by molar-refractivity contribution is 6.17. The number of halogens is 1. The Morgan fingerprint density at radius 1 is 1.24 bits per heavy atom. The predicted octanol–water partition coefficient (Wildman–Crippen LogP) is 2.92. The minimum atomic E-state index is 0.527. The number of alkyl halides is 1. The van der Waals surface area contributed by atoms with E-state index in [-0.39, 0.29) is 0 Å². The molecule has 0 aliphatic heterocycles. The predicted molar refractivity (Wildman–Crippen MR) is 66.0 cm³/mol. The average Bonchev–Trinajstić information content (AvgIpc) is 2.75. The molecule has 0 bridgehead atoms. The van der Waals surface area contributed by atoms with Crippen molar-refractivity contribution in [2.45, 2.75) is 26.7 Å². The number of hydrogen-bond donors (Lipinski definition) is 0. The van der Waals surface area contributed by atoms with Crippen LogP contribution in [-0.2, 0) is 6.42 Å². The van der Waals surface area contributed by atoms with Crippen LogP contribution in [0, 0.1) is 13.8 Å². The van der Waals surface area contributed by atoms with Gasteiger partial charge in [-0.3, -0.25) is 4.98 Å². The van der Waals surface area contributed by atoms with Gasteiger partial charge in [0.1, 0.15) is 0 Å². The van der Waals surface area contributed by atoms with Gasteiger partial charge in [-0.05, 0) is 32.4 Å². The van der Waals surface area contributed by atoms with Gasteiger partial charge in [0.05, 0.1) is 11.3 Å². The number of aromatic nitrogens is 3. The van der Waals surface area contributed by atoms with E-state index in [9.17, 15) is 0 Å². The summed E-state index contributed by atoms with van der Waals surface area (Å²) in [5, 5.41) is 8.02. The van der Waals surface area contributed by atoms with Gasteiger partial charge in [-0.2, -0.15) is 0 Å². The molecule has 2 heterocycles. The fraction of sp³-hybridized carbons (Fsp3) is 0.417. The smallest absolute Gasteiger partial charge is 0.249 e. The molecule has 90 valence electrons. The van der Waals surface area contributed by atoms with Crippen molar-refractivity contribution in [2.75, 3.05) is 5.88 Å². The Balaban J connectivity index is 2.24. The van der Waals surface area contributed by atoms with E-state index in [1.54, 1.807) is 0 Å². The molecule has 0 atom stereocenters. The van der Waals surface area contributed by atoms with E-state index in [0.29, 0.717) is 17.7 Å². The second kappa shape index (κ2) is 5.27. The van der Waals surface area contributed by atoms with Crippen LogP contribution in [-0.4, -0.2) is 21.1 Å². The topological polar surface area (TPSA) is 51.8 Å². The molecule has 2 aromatic heterocycles. The highest BCUT2D eigenvalue weighted by atomic mass is 35.5. The van der Waals surface area contributed by atoms with E-state index in [4.69, 9.17) is 16.0 Å². The van der Waals surface area contributed by atoms with Crippen molar-refractivity contribution in [3.63, 3.8) is 0 Å². The average molecular weight is 252 g/mol. The number of nitrogens with zero attached hydrogens (tertiary/aromatic N) is 3. The molecule has 2 aromatic rings. The molecule has 0 amide bonds. The summed E-state index contributed by atoms with van der Waals surface area (Å²) in [6.45, 7) is 3.89. The molecular formula is C12H14ClN3O. The number of rotatable bonds is 4. The molecule has 0 N–H and O–H groups in total. The lowest BCUT2D eigenvalue weighted by atomic mass is 10.2. The van der Waals surface area contributed by atoms with E-state index in [1.807, 2.05) is 26.0 Å². The van der Waals surface area contributed by atoms with E-state index in [0.717, 1.165) is 29.8 Å². The first kappa shape index (κ1) is 12.0. The van der Waals surface area contributed by atoms with Crippen LogP contribution < -0.4 is 0 Å². The second-order valence-electron chi connectivity index (χ2n) is 3.88. The molecule has 0 saturated heterocycles. The Labute approximate surface area is 105 Å². The largest absolute Gasteiger partial charge is 0.421 e. The molecular weight excluding hydrogens is 238 g/mol. The molecule has 0 saturated carbocycles. The summed E-state index contributed by atoms with van der Waals surface area (Å²) in [5.41, 5.74) is 2.77. The van der Waals surface area contributed by atoms with Crippen molar-refractivity contribution < 1.29 is 4.42 Å². The van der Waals surface area contributed by atoms with Gasteiger partial charge in [-0.15, -0.1) is 21.8 Å². The minimum Gasteiger partial charge on any atom is -0.421 e. The van der Waals surface area contributed by atoms with Crippen LogP contribution in [0.4, 0.5) is 0 Å². The first-order valence-electron chi connectivity index (χ1n) is 5.53. The Morgan fingerprint density at radius 3 is 2.76 bits per heavy atom. The third kappa shape index (κ3) is 2.82. The summed E-state index contributed by atoms with van der Waals surface area (Å²) in [6, 6.07) is 3.89. The van der Waals surface area contributed by atoms with Crippen molar-refractivity contribution in [1.29, 1.82) is 0 Å². The van der Waals surface area contributed by atoms with Gasteiger partial charge in [-0.25, -0.2) is 0 Å². The molecule has 2 rings (SSSR count). The van der Waals surface area contributed by atoms with Crippen LogP contribution in [0.25, 0.3) is 11.5 Å². The van der Waals surface area contributed by atoms with Crippen molar-refractivity contribution in [3.8, 4) is 11.5 Å². The van der Waals surface area contributed by atoms with E-state index in [1.165, 1.54) is 0 Å². The Bertz CT molecular complexity index is 510. The molecule has 4 nitrogen and oxygen atoms in total. The molecule has 17 heavy (non-hydrogen) atoms. The van der Waals surface area contributed by atoms with Gasteiger partial charge in [0, 0.05) is 18.0 Å². The maximum Gasteiger partial charge on any atom is 0.249 e. The monoisotopic (exact) mass is 251 g/mol. The van der Waals surface area contributed by atoms with Crippen LogP contribution in [0.1, 0.15) is 23.7 Å². The van der Waals surface area contributed by atoms with E-state index >= 15 is 0 Å². The van der Waals surface area contributed by atoms with Gasteiger partial charge in [0.15, 0.2) is 0 Å². The highest BCUT2D eigenvalue weighted by Crippen LogP contribution is 2.21. The molecule has 0 spiro atoms. The van der Waals surface area contributed by atoms with Crippen LogP contribution in [0.2, 0.25) is 0 Å². The maximum atomic E-state index is 5.62. The van der Waals surface area contributed by atoms with Crippen LogP contribution in [0.3, 0.4) is 0 Å². The SMILES string of the molecule is Cc1ccc(-c2nnc(CCCCl)o2)c(C)n1. The Hall–Kier alpha value is -1.42.